The summed E-state index contributed by atoms with van der Waals surface area (Å²) in [4.78, 5) is 38.2. The highest BCUT2D eigenvalue weighted by atomic mass is 16.6. The van der Waals surface area contributed by atoms with Gasteiger partial charge in [-0.25, -0.2) is 0 Å². The molecule has 0 heterocycles. The molecule has 0 aromatic heterocycles. The van der Waals surface area contributed by atoms with E-state index in [1.807, 2.05) is 0 Å². The Morgan fingerprint density at radius 1 is 0.279 bits per heavy atom. The van der Waals surface area contributed by atoms with Gasteiger partial charge in [-0.1, -0.05) is 317 Å². The van der Waals surface area contributed by atoms with E-state index in [9.17, 15) is 14.4 Å². The predicted octanol–water partition coefficient (Wildman–Crippen LogP) is 20.6. The van der Waals surface area contributed by atoms with Crippen molar-refractivity contribution in [1.82, 2.24) is 0 Å². The standard InChI is InChI=1S/C62H120O6/c1-5-7-9-11-13-15-17-19-21-23-24-25-27-28-33-37-41-45-49-53-60(63)66-56-59(57-67-61(64)54-50-46-42-38-34-31-30-32-36-40-44-48-52-58(3)4)68-62(65)55-51-47-43-39-35-29-26-22-20-18-16-14-12-10-8-6-2/h58-59H,5-57H2,1-4H3/t59-/m0/s1. The molecule has 0 radical (unpaired) electrons. The molecular formula is C62H120O6. The van der Waals surface area contributed by atoms with Crippen LogP contribution in [0.2, 0.25) is 0 Å². The molecule has 0 bridgehead atoms. The van der Waals surface area contributed by atoms with Crippen LogP contribution in [-0.4, -0.2) is 37.2 Å². The Morgan fingerprint density at radius 3 is 0.721 bits per heavy atom. The van der Waals surface area contributed by atoms with E-state index in [4.69, 9.17) is 14.2 Å². The summed E-state index contributed by atoms with van der Waals surface area (Å²) in [5.41, 5.74) is 0. The van der Waals surface area contributed by atoms with Gasteiger partial charge in [-0.2, -0.15) is 0 Å². The largest absolute Gasteiger partial charge is 0.462 e. The quantitative estimate of drug-likeness (QED) is 0.0343. The topological polar surface area (TPSA) is 78.9 Å². The van der Waals surface area contributed by atoms with Crippen LogP contribution in [0.5, 0.6) is 0 Å². The smallest absolute Gasteiger partial charge is 0.306 e. The molecule has 404 valence electrons. The first kappa shape index (κ1) is 66.4. The van der Waals surface area contributed by atoms with Crippen molar-refractivity contribution in [2.24, 2.45) is 5.92 Å². The average Bonchev–Trinajstić information content (AvgIpc) is 3.32. The molecule has 6 heteroatoms. The predicted molar refractivity (Wildman–Crippen MR) is 293 cm³/mol. The summed E-state index contributed by atoms with van der Waals surface area (Å²) in [5, 5.41) is 0. The molecule has 0 amide bonds. The fourth-order valence-corrected chi connectivity index (χ4v) is 9.63. The zero-order chi connectivity index (χ0) is 49.5. The summed E-state index contributed by atoms with van der Waals surface area (Å²) in [6.45, 7) is 9.08. The van der Waals surface area contributed by atoms with E-state index >= 15 is 0 Å². The second kappa shape index (κ2) is 56.3. The fourth-order valence-electron chi connectivity index (χ4n) is 9.63. The molecule has 0 unspecified atom stereocenters. The van der Waals surface area contributed by atoms with Crippen LogP contribution in [-0.2, 0) is 28.6 Å². The Kier molecular flexibility index (Phi) is 55.0. The van der Waals surface area contributed by atoms with E-state index in [2.05, 4.69) is 27.7 Å². The fraction of sp³-hybridized carbons (Fsp3) is 0.952. The molecule has 6 nitrogen and oxygen atoms in total. The van der Waals surface area contributed by atoms with Crippen molar-refractivity contribution in [2.45, 2.75) is 361 Å². The van der Waals surface area contributed by atoms with Crippen LogP contribution in [0.25, 0.3) is 0 Å². The van der Waals surface area contributed by atoms with Gasteiger partial charge in [0.05, 0.1) is 0 Å². The van der Waals surface area contributed by atoms with E-state index in [0.717, 1.165) is 63.7 Å². The van der Waals surface area contributed by atoms with Crippen molar-refractivity contribution in [1.29, 1.82) is 0 Å². The molecule has 0 N–H and O–H groups in total. The Bertz CT molecular complexity index is 1030. The van der Waals surface area contributed by atoms with Crippen molar-refractivity contribution >= 4 is 17.9 Å². The van der Waals surface area contributed by atoms with Gasteiger partial charge in [-0.05, 0) is 25.2 Å². The van der Waals surface area contributed by atoms with Gasteiger partial charge in [0.15, 0.2) is 6.10 Å². The molecular weight excluding hydrogens is 841 g/mol. The van der Waals surface area contributed by atoms with Crippen LogP contribution >= 0.6 is 0 Å². The molecule has 0 aromatic rings. The number of ether oxygens (including phenoxy) is 3. The Labute approximate surface area is 425 Å². The van der Waals surface area contributed by atoms with Gasteiger partial charge in [0.25, 0.3) is 0 Å². The third kappa shape index (κ3) is 55.3. The lowest BCUT2D eigenvalue weighted by Gasteiger charge is -2.18. The summed E-state index contributed by atoms with van der Waals surface area (Å²) in [5.74, 6) is 0.00315. The lowest BCUT2D eigenvalue weighted by atomic mass is 10.0. The minimum atomic E-state index is -0.762. The summed E-state index contributed by atoms with van der Waals surface area (Å²) in [6.07, 6.45) is 62.4. The zero-order valence-corrected chi connectivity index (χ0v) is 46.6. The van der Waals surface area contributed by atoms with Crippen molar-refractivity contribution in [3.05, 3.63) is 0 Å². The molecule has 0 aliphatic heterocycles. The minimum Gasteiger partial charge on any atom is -0.462 e. The lowest BCUT2D eigenvalue weighted by molar-refractivity contribution is -0.167. The van der Waals surface area contributed by atoms with Crippen LogP contribution in [0.4, 0.5) is 0 Å². The van der Waals surface area contributed by atoms with Crippen LogP contribution < -0.4 is 0 Å². The normalized spacial score (nSPS) is 12.0. The maximum absolute atomic E-state index is 12.9. The summed E-state index contributed by atoms with van der Waals surface area (Å²) in [7, 11) is 0. The summed E-state index contributed by atoms with van der Waals surface area (Å²) >= 11 is 0. The molecule has 0 spiro atoms. The molecule has 68 heavy (non-hydrogen) atoms. The minimum absolute atomic E-state index is 0.0614. The van der Waals surface area contributed by atoms with Gasteiger partial charge in [0, 0.05) is 19.3 Å². The van der Waals surface area contributed by atoms with E-state index in [-0.39, 0.29) is 31.1 Å². The molecule has 0 saturated carbocycles. The van der Waals surface area contributed by atoms with Crippen molar-refractivity contribution in [3.63, 3.8) is 0 Å². The first-order chi connectivity index (χ1) is 33.4. The van der Waals surface area contributed by atoms with Gasteiger partial charge in [-0.15, -0.1) is 0 Å². The van der Waals surface area contributed by atoms with Crippen molar-refractivity contribution in [3.8, 4) is 0 Å². The number of hydrogen-bond acceptors (Lipinski definition) is 6. The van der Waals surface area contributed by atoms with Crippen LogP contribution in [0.3, 0.4) is 0 Å². The van der Waals surface area contributed by atoms with E-state index in [1.165, 1.54) is 250 Å². The summed E-state index contributed by atoms with van der Waals surface area (Å²) in [6, 6.07) is 0. The Morgan fingerprint density at radius 2 is 0.485 bits per heavy atom. The van der Waals surface area contributed by atoms with Crippen LogP contribution in [0.1, 0.15) is 355 Å². The highest BCUT2D eigenvalue weighted by Gasteiger charge is 2.19. The molecule has 0 aliphatic rings. The van der Waals surface area contributed by atoms with E-state index < -0.39 is 6.10 Å². The molecule has 0 aromatic carbocycles. The van der Waals surface area contributed by atoms with Gasteiger partial charge in [-0.3, -0.25) is 14.4 Å². The SMILES string of the molecule is CCCCCCCCCCCCCCCCCCCCCC(=O)OC[C@@H](COC(=O)CCCCCCCCCCCCCCC(C)C)OC(=O)CCCCCCCCCCCCCCCCCC. The van der Waals surface area contributed by atoms with Crippen molar-refractivity contribution in [2.75, 3.05) is 13.2 Å². The highest BCUT2D eigenvalue weighted by Crippen LogP contribution is 2.18. The lowest BCUT2D eigenvalue weighted by Crippen LogP contribution is -2.30. The second-order valence-electron chi connectivity index (χ2n) is 21.8. The number of esters is 3. The third-order valence-corrected chi connectivity index (χ3v) is 14.3. The van der Waals surface area contributed by atoms with E-state index in [0.29, 0.717) is 19.3 Å². The molecule has 0 rings (SSSR count). The van der Waals surface area contributed by atoms with E-state index in [1.54, 1.807) is 0 Å². The zero-order valence-electron chi connectivity index (χ0n) is 46.6. The van der Waals surface area contributed by atoms with Gasteiger partial charge in [0.2, 0.25) is 0 Å². The average molecular weight is 962 g/mol. The molecule has 0 fully saturated rings. The first-order valence-corrected chi connectivity index (χ1v) is 30.9. The highest BCUT2D eigenvalue weighted by molar-refractivity contribution is 5.71. The number of carbonyl (C=O) groups is 3. The molecule has 0 saturated heterocycles. The number of rotatable bonds is 57. The first-order valence-electron chi connectivity index (χ1n) is 30.9. The number of hydrogen-bond donors (Lipinski definition) is 0. The van der Waals surface area contributed by atoms with Gasteiger partial charge < -0.3 is 14.2 Å². The summed E-state index contributed by atoms with van der Waals surface area (Å²) < 4.78 is 16.9. The maximum Gasteiger partial charge on any atom is 0.306 e. The number of carbonyl (C=O) groups excluding carboxylic acids is 3. The third-order valence-electron chi connectivity index (χ3n) is 14.3. The van der Waals surface area contributed by atoms with Crippen LogP contribution in [0, 0.1) is 5.92 Å². The van der Waals surface area contributed by atoms with Gasteiger partial charge in [0.1, 0.15) is 13.2 Å². The Balaban J connectivity index is 4.28. The molecule has 1 atom stereocenters. The maximum atomic E-state index is 12.9. The monoisotopic (exact) mass is 961 g/mol. The van der Waals surface area contributed by atoms with Gasteiger partial charge >= 0.3 is 17.9 Å². The second-order valence-corrected chi connectivity index (χ2v) is 21.8. The molecule has 0 aliphatic carbocycles. The van der Waals surface area contributed by atoms with Crippen molar-refractivity contribution < 1.29 is 28.6 Å². The van der Waals surface area contributed by atoms with Crippen LogP contribution in [0.15, 0.2) is 0 Å². The Hall–Kier alpha value is -1.59. The number of unbranched alkanes of at least 4 members (excludes halogenated alkanes) is 44.